The van der Waals surface area contributed by atoms with Gasteiger partial charge in [0.15, 0.2) is 18.5 Å². The van der Waals surface area contributed by atoms with E-state index in [-0.39, 0.29) is 33.0 Å². The number of fused-ring (bicyclic) bond motifs is 1. The fraction of sp³-hybridized carbons (Fsp3) is 0.844. The quantitative estimate of drug-likeness (QED) is 0.107. The van der Waals surface area contributed by atoms with Gasteiger partial charge in [-0.3, -0.25) is 19.2 Å². The van der Waals surface area contributed by atoms with Crippen molar-refractivity contribution in [1.29, 1.82) is 0 Å². The number of carbonyl (C=O) groups is 5. The monoisotopic (exact) mass is 673 g/mol. The Balaban J connectivity index is 1.37. The summed E-state index contributed by atoms with van der Waals surface area (Å²) in [5.74, 6) is -4.47. The van der Waals surface area contributed by atoms with Crippen molar-refractivity contribution >= 4 is 30.0 Å². The van der Waals surface area contributed by atoms with Crippen molar-refractivity contribution in [1.82, 2.24) is 5.32 Å². The molecule has 0 spiro atoms. The zero-order valence-corrected chi connectivity index (χ0v) is 28.3. The van der Waals surface area contributed by atoms with Crippen molar-refractivity contribution in [2.75, 3.05) is 52.8 Å². The van der Waals surface area contributed by atoms with Gasteiger partial charge in [0, 0.05) is 34.2 Å². The van der Waals surface area contributed by atoms with Crippen molar-refractivity contribution in [2.24, 2.45) is 29.6 Å². The molecule has 1 heterocycles. The summed E-state index contributed by atoms with van der Waals surface area (Å²) in [6, 6.07) is 0. The Kier molecular flexibility index (Phi) is 15.1. The Morgan fingerprint density at radius 1 is 0.681 bits per heavy atom. The predicted molar refractivity (Wildman–Crippen MR) is 161 cm³/mol. The molecule has 3 rings (SSSR count). The maximum absolute atomic E-state index is 12.1. The van der Waals surface area contributed by atoms with Gasteiger partial charge in [-0.1, -0.05) is 39.5 Å². The molecule has 3 aliphatic rings. The Morgan fingerprint density at radius 3 is 1.85 bits per heavy atom. The molecule has 3 fully saturated rings. The third-order valence-corrected chi connectivity index (χ3v) is 8.58. The van der Waals surface area contributed by atoms with Gasteiger partial charge in [-0.25, -0.2) is 4.79 Å². The smallest absolute Gasteiger partial charge is 0.407 e. The Bertz CT molecular complexity index is 1060. The fourth-order valence-corrected chi connectivity index (χ4v) is 6.74. The maximum Gasteiger partial charge on any atom is 0.407 e. The van der Waals surface area contributed by atoms with E-state index in [1.54, 1.807) is 0 Å². The number of ether oxygens (including phenoxy) is 9. The molecule has 15 nitrogen and oxygen atoms in total. The van der Waals surface area contributed by atoms with Gasteiger partial charge in [-0.2, -0.15) is 0 Å². The Morgan fingerprint density at radius 2 is 1.28 bits per heavy atom. The second-order valence-corrected chi connectivity index (χ2v) is 12.1. The van der Waals surface area contributed by atoms with Crippen LogP contribution in [0.25, 0.3) is 0 Å². The molecular weight excluding hydrogens is 622 g/mol. The van der Waals surface area contributed by atoms with Crippen molar-refractivity contribution in [3.63, 3.8) is 0 Å². The maximum atomic E-state index is 12.1. The van der Waals surface area contributed by atoms with E-state index in [0.29, 0.717) is 37.5 Å². The molecule has 47 heavy (non-hydrogen) atoms. The van der Waals surface area contributed by atoms with Crippen LogP contribution >= 0.6 is 0 Å². The number of carbonyl (C=O) groups excluding carboxylic acids is 5. The highest BCUT2D eigenvalue weighted by Gasteiger charge is 2.77. The van der Waals surface area contributed by atoms with Crippen LogP contribution in [0.4, 0.5) is 4.79 Å². The van der Waals surface area contributed by atoms with Crippen LogP contribution in [0.15, 0.2) is 0 Å². The molecule has 1 aliphatic heterocycles. The van der Waals surface area contributed by atoms with Crippen LogP contribution in [0.5, 0.6) is 0 Å². The second kappa shape index (κ2) is 18.5. The molecule has 2 saturated carbocycles. The van der Waals surface area contributed by atoms with E-state index in [2.05, 4.69) is 19.2 Å². The SMILES string of the molecule is CCC[C@@H]1C(COC(=O)NCCOCCOCCOC2OC3(OC(C)=O)C(COC(C)=O)C(OC(C)=O)C(OC(C)=O)C23)[C@@H]1CCC. The zero-order chi connectivity index (χ0) is 34.6. The van der Waals surface area contributed by atoms with Gasteiger partial charge in [0.05, 0.1) is 39.6 Å². The number of nitrogens with one attached hydrogen (secondary N) is 1. The Labute approximate surface area is 275 Å². The first-order valence-electron chi connectivity index (χ1n) is 16.5. The third-order valence-electron chi connectivity index (χ3n) is 8.58. The molecule has 1 saturated heterocycles. The lowest BCUT2D eigenvalue weighted by molar-refractivity contribution is -0.437. The third kappa shape index (κ3) is 10.7. The van der Waals surface area contributed by atoms with Crippen LogP contribution < -0.4 is 5.32 Å². The lowest BCUT2D eigenvalue weighted by atomic mass is 9.88. The molecule has 2 aliphatic carbocycles. The minimum atomic E-state index is -1.73. The first-order chi connectivity index (χ1) is 22.4. The van der Waals surface area contributed by atoms with Gasteiger partial charge in [0.2, 0.25) is 5.79 Å². The molecule has 0 aromatic heterocycles. The fourth-order valence-electron chi connectivity index (χ4n) is 6.74. The molecular formula is C32H51NO14. The van der Waals surface area contributed by atoms with Gasteiger partial charge >= 0.3 is 30.0 Å². The summed E-state index contributed by atoms with van der Waals surface area (Å²) in [5, 5.41) is 2.70. The largest absolute Gasteiger partial charge is 0.465 e. The standard InChI is InChI=1S/C32H51NO14/c1-7-9-23-24(10-8-2)25(23)17-43-31(38)33-11-12-39-13-14-40-15-16-41-30-27-29(45-21(5)36)28(44-20(4)35)26(18-42-19(3)34)32(27,47-30)46-22(6)37/h23-30H,7-18H2,1-6H3,(H,33,38)/t23-,24+,25?,26?,27?,28?,29?,30?,32?. The van der Waals surface area contributed by atoms with E-state index < -0.39 is 66.1 Å². The number of amides is 1. The summed E-state index contributed by atoms with van der Waals surface area (Å²) >= 11 is 0. The lowest BCUT2D eigenvalue weighted by Crippen LogP contribution is -2.66. The van der Waals surface area contributed by atoms with Crippen LogP contribution in [0, 0.1) is 29.6 Å². The highest BCUT2D eigenvalue weighted by molar-refractivity contribution is 5.69. The molecule has 0 bridgehead atoms. The van der Waals surface area contributed by atoms with E-state index in [9.17, 15) is 24.0 Å². The van der Waals surface area contributed by atoms with Gasteiger partial charge in [0.1, 0.15) is 18.4 Å². The van der Waals surface area contributed by atoms with E-state index >= 15 is 0 Å². The van der Waals surface area contributed by atoms with E-state index in [1.807, 2.05) is 0 Å². The Hall–Kier alpha value is -3.01. The summed E-state index contributed by atoms with van der Waals surface area (Å²) in [7, 11) is 0. The van der Waals surface area contributed by atoms with Crippen LogP contribution in [-0.4, -0.2) is 107 Å². The van der Waals surface area contributed by atoms with Crippen LogP contribution in [0.2, 0.25) is 0 Å². The van der Waals surface area contributed by atoms with Gasteiger partial charge < -0.3 is 47.9 Å². The van der Waals surface area contributed by atoms with Crippen LogP contribution in [0.3, 0.4) is 0 Å². The molecule has 7 unspecified atom stereocenters. The molecule has 0 aromatic rings. The van der Waals surface area contributed by atoms with Crippen LogP contribution in [0.1, 0.15) is 67.2 Å². The number of alkyl carbamates (subject to hydrolysis) is 1. The average molecular weight is 674 g/mol. The summed E-state index contributed by atoms with van der Waals surface area (Å²) < 4.78 is 49.9. The van der Waals surface area contributed by atoms with E-state index in [0.717, 1.165) is 12.8 Å². The van der Waals surface area contributed by atoms with Crippen LogP contribution in [-0.2, 0) is 61.8 Å². The summed E-state index contributed by atoms with van der Waals surface area (Å²) in [6.07, 6.45) is 0.948. The number of hydrogen-bond acceptors (Lipinski definition) is 14. The van der Waals surface area contributed by atoms with Crippen molar-refractivity contribution in [3.8, 4) is 0 Å². The van der Waals surface area contributed by atoms with Gasteiger partial charge in [-0.05, 0) is 17.8 Å². The summed E-state index contributed by atoms with van der Waals surface area (Å²) in [4.78, 5) is 59.6. The van der Waals surface area contributed by atoms with Gasteiger partial charge in [-0.15, -0.1) is 0 Å². The molecule has 0 aromatic carbocycles. The summed E-state index contributed by atoms with van der Waals surface area (Å²) in [6.45, 7) is 10.6. The zero-order valence-electron chi connectivity index (χ0n) is 28.3. The minimum absolute atomic E-state index is 0.0591. The highest BCUT2D eigenvalue weighted by Crippen LogP contribution is 2.57. The topological polar surface area (TPSA) is 180 Å². The minimum Gasteiger partial charge on any atom is -0.465 e. The number of rotatable bonds is 21. The molecule has 9 atom stereocenters. The van der Waals surface area contributed by atoms with Crippen molar-refractivity contribution < 1.29 is 66.6 Å². The molecule has 0 radical (unpaired) electrons. The molecule has 1 amide bonds. The average Bonchev–Trinajstić information content (AvgIpc) is 3.59. The summed E-state index contributed by atoms with van der Waals surface area (Å²) in [5.41, 5.74) is 0. The highest BCUT2D eigenvalue weighted by atomic mass is 16.8. The molecule has 268 valence electrons. The van der Waals surface area contributed by atoms with Gasteiger partial charge in [0.25, 0.3) is 0 Å². The van der Waals surface area contributed by atoms with E-state index in [4.69, 9.17) is 42.6 Å². The lowest BCUT2D eigenvalue weighted by Gasteiger charge is -2.51. The number of esters is 4. The predicted octanol–water partition coefficient (Wildman–Crippen LogP) is 2.51. The first-order valence-corrected chi connectivity index (χ1v) is 16.5. The normalized spacial score (nSPS) is 30.3. The van der Waals surface area contributed by atoms with E-state index in [1.165, 1.54) is 40.5 Å². The first kappa shape index (κ1) is 38.4. The van der Waals surface area contributed by atoms with Crippen molar-refractivity contribution in [3.05, 3.63) is 0 Å². The van der Waals surface area contributed by atoms with Crippen molar-refractivity contribution in [2.45, 2.75) is 91.5 Å². The molecule has 15 heteroatoms. The second-order valence-electron chi connectivity index (χ2n) is 12.1. The molecule has 1 N–H and O–H groups in total. The number of hydrogen-bond donors (Lipinski definition) is 1.